The minimum absolute atomic E-state index is 0.0860. The molecule has 2 N–H and O–H groups in total. The molecule has 0 unspecified atom stereocenters. The van der Waals surface area contributed by atoms with E-state index in [0.717, 1.165) is 5.56 Å². The topological polar surface area (TPSA) is 84.5 Å². The molecule has 2 rings (SSSR count). The van der Waals surface area contributed by atoms with Gasteiger partial charge < -0.3 is 15.4 Å². The largest absolute Gasteiger partial charge is 0.456 e. The van der Waals surface area contributed by atoms with E-state index >= 15 is 0 Å². The van der Waals surface area contributed by atoms with E-state index in [4.69, 9.17) is 4.74 Å². The van der Waals surface area contributed by atoms with Crippen LogP contribution in [0.5, 0.6) is 0 Å². The number of ether oxygens (including phenoxy) is 1. The van der Waals surface area contributed by atoms with Crippen LogP contribution in [-0.4, -0.2) is 30.9 Å². The van der Waals surface area contributed by atoms with Crippen molar-refractivity contribution in [3.05, 3.63) is 84.4 Å². The summed E-state index contributed by atoms with van der Waals surface area (Å²) in [5, 5.41) is 5.37. The van der Waals surface area contributed by atoms with Gasteiger partial charge in [0.05, 0.1) is 12.5 Å². The van der Waals surface area contributed by atoms with Gasteiger partial charge in [-0.25, -0.2) is 0 Å². The molecule has 0 aliphatic heterocycles. The van der Waals surface area contributed by atoms with Crippen LogP contribution in [0.4, 0.5) is 0 Å². The Bertz CT molecular complexity index is 775. The number of carbonyl (C=O) groups is 3. The Kier molecular flexibility index (Phi) is 7.78. The fraction of sp³-hybridized carbons (Fsp3) is 0.190. The summed E-state index contributed by atoms with van der Waals surface area (Å²) < 4.78 is 5.00. The third kappa shape index (κ3) is 6.78. The number of esters is 1. The van der Waals surface area contributed by atoms with Gasteiger partial charge in [0, 0.05) is 12.1 Å². The molecule has 0 aliphatic rings. The zero-order valence-electron chi connectivity index (χ0n) is 14.9. The molecule has 6 nitrogen and oxygen atoms in total. The Labute approximate surface area is 158 Å². The van der Waals surface area contributed by atoms with Crippen LogP contribution in [-0.2, 0) is 14.3 Å². The van der Waals surface area contributed by atoms with Gasteiger partial charge in [0.15, 0.2) is 6.61 Å². The van der Waals surface area contributed by atoms with Crippen LogP contribution in [0.2, 0.25) is 0 Å². The summed E-state index contributed by atoms with van der Waals surface area (Å²) in [6.45, 7) is 3.42. The molecule has 0 bridgehead atoms. The maximum atomic E-state index is 12.5. The fourth-order valence-electron chi connectivity index (χ4n) is 2.38. The first-order valence-corrected chi connectivity index (χ1v) is 8.54. The van der Waals surface area contributed by atoms with Crippen LogP contribution in [0.15, 0.2) is 73.3 Å². The highest BCUT2D eigenvalue weighted by Crippen LogP contribution is 2.18. The van der Waals surface area contributed by atoms with E-state index in [0.29, 0.717) is 12.1 Å². The molecule has 0 aromatic heterocycles. The lowest BCUT2D eigenvalue weighted by Crippen LogP contribution is -2.32. The van der Waals surface area contributed by atoms with Gasteiger partial charge in [-0.2, -0.15) is 0 Å². The number of carbonyl (C=O) groups excluding carboxylic acids is 3. The van der Waals surface area contributed by atoms with Gasteiger partial charge >= 0.3 is 5.97 Å². The number of benzene rings is 2. The van der Waals surface area contributed by atoms with E-state index < -0.39 is 17.9 Å². The van der Waals surface area contributed by atoms with Gasteiger partial charge in [-0.15, -0.1) is 6.58 Å². The van der Waals surface area contributed by atoms with Crippen LogP contribution >= 0.6 is 0 Å². The van der Waals surface area contributed by atoms with Crippen LogP contribution < -0.4 is 10.6 Å². The summed E-state index contributed by atoms with van der Waals surface area (Å²) in [5.74, 6) is -1.28. The molecule has 2 aromatic rings. The molecule has 0 saturated heterocycles. The Morgan fingerprint density at radius 1 is 1.00 bits per heavy atom. The average molecular weight is 366 g/mol. The van der Waals surface area contributed by atoms with Crippen molar-refractivity contribution < 1.29 is 19.1 Å². The fourth-order valence-corrected chi connectivity index (χ4v) is 2.38. The zero-order valence-corrected chi connectivity index (χ0v) is 14.9. The van der Waals surface area contributed by atoms with E-state index in [1.165, 1.54) is 6.08 Å². The van der Waals surface area contributed by atoms with Crippen molar-refractivity contribution in [1.29, 1.82) is 0 Å². The highest BCUT2D eigenvalue weighted by atomic mass is 16.5. The first-order chi connectivity index (χ1) is 13.1. The van der Waals surface area contributed by atoms with Gasteiger partial charge in [0.25, 0.3) is 11.8 Å². The van der Waals surface area contributed by atoms with Crippen LogP contribution in [0.1, 0.15) is 28.4 Å². The highest BCUT2D eigenvalue weighted by molar-refractivity contribution is 5.94. The smallest absolute Gasteiger partial charge is 0.308 e. The Morgan fingerprint density at radius 3 is 2.26 bits per heavy atom. The molecule has 27 heavy (non-hydrogen) atoms. The molecule has 0 fully saturated rings. The van der Waals surface area contributed by atoms with Crippen molar-refractivity contribution in [3.63, 3.8) is 0 Å². The molecule has 2 amide bonds. The summed E-state index contributed by atoms with van der Waals surface area (Å²) in [5.41, 5.74) is 1.27. The molecule has 0 heterocycles. The highest BCUT2D eigenvalue weighted by Gasteiger charge is 2.20. The van der Waals surface area contributed by atoms with E-state index in [-0.39, 0.29) is 18.9 Å². The summed E-state index contributed by atoms with van der Waals surface area (Å²) in [6, 6.07) is 17.3. The molecular weight excluding hydrogens is 344 g/mol. The van der Waals surface area contributed by atoms with E-state index in [9.17, 15) is 14.4 Å². The van der Waals surface area contributed by atoms with Crippen LogP contribution in [0.3, 0.4) is 0 Å². The van der Waals surface area contributed by atoms with Gasteiger partial charge in [-0.3, -0.25) is 14.4 Å². The predicted octanol–water partition coefficient (Wildman–Crippen LogP) is 2.39. The van der Waals surface area contributed by atoms with Crippen molar-refractivity contribution in [2.45, 2.75) is 12.5 Å². The number of amides is 2. The van der Waals surface area contributed by atoms with Crippen LogP contribution in [0.25, 0.3) is 0 Å². The number of nitrogens with one attached hydrogen (secondary N) is 2. The molecule has 0 radical (unpaired) electrons. The third-order valence-electron chi connectivity index (χ3n) is 3.72. The molecule has 6 heteroatoms. The van der Waals surface area contributed by atoms with Gasteiger partial charge in [0.1, 0.15) is 0 Å². The second-order valence-corrected chi connectivity index (χ2v) is 5.76. The van der Waals surface area contributed by atoms with Crippen molar-refractivity contribution >= 4 is 17.8 Å². The van der Waals surface area contributed by atoms with Crippen LogP contribution in [0, 0.1) is 0 Å². The maximum absolute atomic E-state index is 12.5. The minimum Gasteiger partial charge on any atom is -0.456 e. The molecule has 0 saturated carbocycles. The number of rotatable bonds is 9. The lowest BCUT2D eigenvalue weighted by molar-refractivity contribution is -0.149. The van der Waals surface area contributed by atoms with Gasteiger partial charge in [0.2, 0.25) is 0 Å². The number of hydrogen-bond acceptors (Lipinski definition) is 4. The predicted molar refractivity (Wildman–Crippen MR) is 102 cm³/mol. The van der Waals surface area contributed by atoms with Crippen molar-refractivity contribution in [2.24, 2.45) is 0 Å². The van der Waals surface area contributed by atoms with E-state index in [1.54, 1.807) is 24.3 Å². The van der Waals surface area contributed by atoms with Gasteiger partial charge in [-0.1, -0.05) is 54.6 Å². The molecule has 1 atom stereocenters. The molecule has 140 valence electrons. The molecule has 2 aromatic carbocycles. The zero-order chi connectivity index (χ0) is 19.5. The Balaban J connectivity index is 2.00. The second kappa shape index (κ2) is 10.6. The van der Waals surface area contributed by atoms with Crippen molar-refractivity contribution in [1.82, 2.24) is 10.6 Å². The summed E-state index contributed by atoms with van der Waals surface area (Å²) >= 11 is 0. The lowest BCUT2D eigenvalue weighted by Gasteiger charge is -2.18. The van der Waals surface area contributed by atoms with Gasteiger partial charge in [-0.05, 0) is 17.7 Å². The molecule has 0 spiro atoms. The standard InChI is InChI=1S/C21H22N2O4/c1-2-13-22-19(24)15-27-20(25)14-18(16-9-5-3-6-10-16)23-21(26)17-11-7-4-8-12-17/h2-12,18H,1,13-15H2,(H,22,24)(H,23,26)/t18-/m1/s1. The Morgan fingerprint density at radius 2 is 1.63 bits per heavy atom. The van der Waals surface area contributed by atoms with Crippen molar-refractivity contribution in [2.75, 3.05) is 13.2 Å². The first-order valence-electron chi connectivity index (χ1n) is 8.54. The SMILES string of the molecule is C=CCNC(=O)COC(=O)C[C@@H](NC(=O)c1ccccc1)c1ccccc1. The number of hydrogen-bond donors (Lipinski definition) is 2. The molecule has 0 aliphatic carbocycles. The summed E-state index contributed by atoms with van der Waals surface area (Å²) in [6.07, 6.45) is 1.45. The monoisotopic (exact) mass is 366 g/mol. The maximum Gasteiger partial charge on any atom is 0.308 e. The minimum atomic E-state index is -0.578. The molecular formula is C21H22N2O4. The second-order valence-electron chi connectivity index (χ2n) is 5.76. The van der Waals surface area contributed by atoms with Crippen molar-refractivity contribution in [3.8, 4) is 0 Å². The summed E-state index contributed by atoms with van der Waals surface area (Å²) in [4.78, 5) is 36.1. The Hall–Kier alpha value is -3.41. The summed E-state index contributed by atoms with van der Waals surface area (Å²) in [7, 11) is 0. The van der Waals surface area contributed by atoms with E-state index in [1.807, 2.05) is 36.4 Å². The van der Waals surface area contributed by atoms with E-state index in [2.05, 4.69) is 17.2 Å². The first kappa shape index (κ1) is 19.9. The normalized spacial score (nSPS) is 11.1. The third-order valence-corrected chi connectivity index (χ3v) is 3.72. The lowest BCUT2D eigenvalue weighted by atomic mass is 10.0. The average Bonchev–Trinajstić information content (AvgIpc) is 2.71. The quantitative estimate of drug-likeness (QED) is 0.527.